The maximum atomic E-state index is 13.9. The van der Waals surface area contributed by atoms with Crippen LogP contribution in [0, 0.1) is 0 Å². The van der Waals surface area contributed by atoms with Gasteiger partial charge in [0.2, 0.25) is 0 Å². The Balaban J connectivity index is 2.04. The molecule has 0 saturated heterocycles. The molecule has 4 amide bonds. The van der Waals surface area contributed by atoms with E-state index >= 15 is 0 Å². The van der Waals surface area contributed by atoms with Gasteiger partial charge < -0.3 is 81.1 Å². The maximum Gasteiger partial charge on any atom is 0.326 e. The van der Waals surface area contributed by atoms with Crippen LogP contribution in [0.2, 0.25) is 0 Å². The molecule has 1 aliphatic rings. The molecule has 96 heavy (non-hydrogen) atoms. The van der Waals surface area contributed by atoms with Gasteiger partial charge in [0.15, 0.2) is 26.4 Å². The van der Waals surface area contributed by atoms with Crippen molar-refractivity contribution >= 4 is 71.4 Å². The molecule has 4 unspecified atom stereocenters. The number of nitrogens with one attached hydrogen (secondary N) is 4. The van der Waals surface area contributed by atoms with Crippen molar-refractivity contribution in [2.45, 2.75) is 180 Å². The number of carbonyl (C=O) groups excluding carboxylic acids is 4. The monoisotopic (exact) mass is 1340 g/mol. The second-order valence-electron chi connectivity index (χ2n) is 27.6. The van der Waals surface area contributed by atoms with E-state index in [-0.39, 0.29) is 48.7 Å². The molecule has 8 bridgehead atoms. The van der Waals surface area contributed by atoms with E-state index in [0.29, 0.717) is 66.8 Å². The number of carboxylic acid groups (broad SMARTS) is 8. The van der Waals surface area contributed by atoms with Crippen molar-refractivity contribution in [3.05, 3.63) is 115 Å². The third-order valence-corrected chi connectivity index (χ3v) is 15.4. The Bertz CT molecular complexity index is 3140. The van der Waals surface area contributed by atoms with E-state index in [1.54, 1.807) is 48.5 Å². The molecule has 28 nitrogen and oxygen atoms in total. The number of fused-ring (bicyclic) bond motifs is 8. The zero-order valence-corrected chi connectivity index (χ0v) is 55.5. The van der Waals surface area contributed by atoms with Gasteiger partial charge in [0, 0.05) is 25.7 Å². The van der Waals surface area contributed by atoms with Crippen molar-refractivity contribution in [3.8, 4) is 23.0 Å². The quantitative estimate of drug-likeness (QED) is 0.0304. The minimum absolute atomic E-state index is 0.00611. The SMILES string of the molecule is CC(C)(C)c1cc2c(OCC(=O)NC(CC(=O)O)C(=O)O)c(c1)Cc1cc(C(C)(C)C)cc(c1OCC(=O)NC(CC(=O)O)C(=O)O)Cc1cc(C(C)(C)C)cc(c1OCC(=O)NC(CC(=O)O)C(=O)O)Cc1cc(C(C)(C)C)cc(c1OCC(=O)NC(CC(=O)O)C(=O)O)C2. The molecule has 0 aromatic heterocycles. The van der Waals surface area contributed by atoms with Crippen LogP contribution in [0.5, 0.6) is 23.0 Å². The summed E-state index contributed by atoms with van der Waals surface area (Å²) < 4.78 is 26.2. The van der Waals surface area contributed by atoms with E-state index in [1.807, 2.05) is 83.1 Å². The predicted octanol–water partition coefficient (Wildman–Crippen LogP) is 5.24. The lowest BCUT2D eigenvalue weighted by Crippen LogP contribution is -2.44. The number of amides is 4. The number of rotatable bonds is 28. The molecule has 0 heterocycles. The molecule has 0 aliphatic heterocycles. The first-order valence-electron chi connectivity index (χ1n) is 30.4. The van der Waals surface area contributed by atoms with E-state index in [1.165, 1.54) is 0 Å². The number of benzene rings is 4. The normalized spacial score (nSPS) is 13.6. The predicted molar refractivity (Wildman–Crippen MR) is 341 cm³/mol. The second kappa shape index (κ2) is 31.3. The fourth-order valence-electron chi connectivity index (χ4n) is 10.4. The van der Waals surface area contributed by atoms with Crippen LogP contribution in [0.15, 0.2) is 48.5 Å². The van der Waals surface area contributed by atoms with Crippen molar-refractivity contribution in [2.75, 3.05) is 26.4 Å². The van der Waals surface area contributed by atoms with Crippen LogP contribution >= 0.6 is 0 Å². The lowest BCUT2D eigenvalue weighted by molar-refractivity contribution is -0.147. The van der Waals surface area contributed by atoms with Gasteiger partial charge in [0.05, 0.1) is 25.7 Å². The van der Waals surface area contributed by atoms with E-state index in [0.717, 1.165) is 0 Å². The van der Waals surface area contributed by atoms with Gasteiger partial charge in [-0.1, -0.05) is 132 Å². The van der Waals surface area contributed by atoms with Gasteiger partial charge in [0.1, 0.15) is 47.2 Å². The van der Waals surface area contributed by atoms with Gasteiger partial charge in [-0.2, -0.15) is 0 Å². The molecule has 1 aliphatic carbocycles. The Labute approximate surface area is 553 Å². The molecular weight excluding hydrogens is 1260 g/mol. The zero-order valence-electron chi connectivity index (χ0n) is 55.5. The molecule has 5 rings (SSSR count). The van der Waals surface area contributed by atoms with Crippen LogP contribution < -0.4 is 40.2 Å². The zero-order chi connectivity index (χ0) is 72.3. The van der Waals surface area contributed by atoms with Gasteiger partial charge in [-0.15, -0.1) is 0 Å². The number of hydrogen-bond donors (Lipinski definition) is 12. The number of carbonyl (C=O) groups is 12. The lowest BCUT2D eigenvalue weighted by atomic mass is 9.79. The fraction of sp³-hybridized carbons (Fsp3) is 0.471. The molecule has 28 heteroatoms. The Kier molecular flexibility index (Phi) is 24.9. The molecule has 4 aromatic carbocycles. The minimum Gasteiger partial charge on any atom is -0.483 e. The van der Waals surface area contributed by atoms with Gasteiger partial charge in [-0.05, 0) is 88.4 Å². The number of hydrogen-bond acceptors (Lipinski definition) is 16. The first-order valence-corrected chi connectivity index (χ1v) is 30.4. The summed E-state index contributed by atoms with van der Waals surface area (Å²) in [5.41, 5.74) is 2.32. The summed E-state index contributed by atoms with van der Waals surface area (Å²) >= 11 is 0. The molecule has 0 spiro atoms. The van der Waals surface area contributed by atoms with E-state index < -0.39 is 169 Å². The smallest absolute Gasteiger partial charge is 0.326 e. The Morgan fingerprint density at radius 3 is 0.562 bits per heavy atom. The Morgan fingerprint density at radius 2 is 0.448 bits per heavy atom. The molecule has 0 radical (unpaired) electrons. The third kappa shape index (κ3) is 21.9. The Morgan fingerprint density at radius 1 is 0.302 bits per heavy atom. The molecule has 520 valence electrons. The molecule has 0 fully saturated rings. The highest BCUT2D eigenvalue weighted by Gasteiger charge is 2.33. The van der Waals surface area contributed by atoms with Crippen LogP contribution in [0.4, 0.5) is 0 Å². The van der Waals surface area contributed by atoms with Crippen LogP contribution in [0.3, 0.4) is 0 Å². The van der Waals surface area contributed by atoms with E-state index in [9.17, 15) is 98.4 Å². The average Bonchev–Trinajstić information content (AvgIpc) is 0.765. The highest BCUT2D eigenvalue weighted by molar-refractivity contribution is 5.90. The summed E-state index contributed by atoms with van der Waals surface area (Å²) in [6, 6.07) is 6.66. The summed E-state index contributed by atoms with van der Waals surface area (Å²) in [5, 5.41) is 86.7. The number of aliphatic carboxylic acids is 8. The van der Waals surface area contributed by atoms with Gasteiger partial charge in [-0.25, -0.2) is 19.2 Å². The first-order chi connectivity index (χ1) is 44.3. The summed E-state index contributed by atoms with van der Waals surface area (Å²) in [7, 11) is 0. The minimum atomic E-state index is -1.90. The van der Waals surface area contributed by atoms with E-state index in [2.05, 4.69) is 21.3 Å². The lowest BCUT2D eigenvalue weighted by Gasteiger charge is -2.29. The van der Waals surface area contributed by atoms with Gasteiger partial charge >= 0.3 is 47.8 Å². The van der Waals surface area contributed by atoms with Crippen LogP contribution in [0.25, 0.3) is 0 Å². The van der Waals surface area contributed by atoms with Crippen molar-refractivity contribution in [3.63, 3.8) is 0 Å². The van der Waals surface area contributed by atoms with Crippen molar-refractivity contribution in [1.82, 2.24) is 21.3 Å². The van der Waals surface area contributed by atoms with Crippen molar-refractivity contribution < 1.29 is 117 Å². The molecular formula is C68H84N4O24. The highest BCUT2D eigenvalue weighted by atomic mass is 16.5. The first kappa shape index (κ1) is 76.4. The van der Waals surface area contributed by atoms with Crippen molar-refractivity contribution in [1.29, 1.82) is 0 Å². The Hall–Kier alpha value is -10.3. The fourth-order valence-corrected chi connectivity index (χ4v) is 10.4. The summed E-state index contributed by atoms with van der Waals surface area (Å²) in [5.74, 6) is -17.0. The largest absolute Gasteiger partial charge is 0.483 e. The molecule has 4 aromatic rings. The van der Waals surface area contributed by atoms with Crippen molar-refractivity contribution in [2.24, 2.45) is 0 Å². The standard InChI is InChI=1S/C68H84N4O24/c1-65(2,3)41-17-33-13-35-19-42(66(4,5)6)21-37(58(35)94-30-50(74)70-46(62(87)88)26-54(79)80)15-39-23-44(68(10,11)12)24-40(60(39)96-32-52(76)72-48(64(91)92)28-56(83)84)16-38-22-43(67(7,8)9)20-36(59(38)95-31-51(75)71-47(63(89)90)27-55(81)82)14-34(18-41)57(33)93-29-49(73)69-45(61(85)86)25-53(77)78/h17-24,45-48H,13-16,25-32H2,1-12H3,(H,69,73)(H,70,74)(H,71,75)(H,72,76)(H,77,78)(H,79,80)(H,81,82)(H,83,84)(H,85,86)(H,87,88)(H,89,90)(H,91,92). The number of ether oxygens (including phenoxy) is 4. The molecule has 4 atom stereocenters. The topological polar surface area (TPSA) is 452 Å². The van der Waals surface area contributed by atoms with Crippen LogP contribution in [-0.2, 0) is 105 Å². The third-order valence-electron chi connectivity index (χ3n) is 15.4. The summed E-state index contributed by atoms with van der Waals surface area (Å²) in [4.78, 5) is 152. The van der Waals surface area contributed by atoms with Gasteiger partial charge in [0.25, 0.3) is 23.6 Å². The average molecular weight is 1340 g/mol. The molecule has 12 N–H and O–H groups in total. The van der Waals surface area contributed by atoms with E-state index in [4.69, 9.17) is 18.9 Å². The second-order valence-corrected chi connectivity index (χ2v) is 27.6. The van der Waals surface area contributed by atoms with Crippen LogP contribution in [-0.4, -0.2) is 163 Å². The molecule has 0 saturated carbocycles. The summed E-state index contributed by atoms with van der Waals surface area (Å²) in [6.45, 7) is 19.2. The maximum absolute atomic E-state index is 13.9. The number of carboxylic acids is 8. The summed E-state index contributed by atoms with van der Waals surface area (Å²) in [6.07, 6.45) is -4.88. The van der Waals surface area contributed by atoms with Gasteiger partial charge in [-0.3, -0.25) is 38.4 Å². The van der Waals surface area contributed by atoms with Crippen LogP contribution in [0.1, 0.15) is 176 Å². The highest BCUT2D eigenvalue weighted by Crippen LogP contribution is 2.45.